The second-order valence-electron chi connectivity index (χ2n) is 7.87. The number of carbonyl (C=O) groups is 2. The van der Waals surface area contributed by atoms with Crippen LogP contribution in [0.15, 0.2) is 30.3 Å². The SMILES string of the molecule is CN(C)[C@@H](CNC(=O)C1CCN(C(=O)COc2ccccc2)CC1)C1CC1. The van der Waals surface area contributed by atoms with Crippen molar-refractivity contribution in [3.05, 3.63) is 30.3 Å². The van der Waals surface area contributed by atoms with Gasteiger partial charge < -0.3 is 19.9 Å². The van der Waals surface area contributed by atoms with E-state index in [0.717, 1.165) is 25.3 Å². The van der Waals surface area contributed by atoms with Gasteiger partial charge in [0.2, 0.25) is 5.91 Å². The molecule has 1 atom stereocenters. The molecular weight excluding hydrogens is 342 g/mol. The first-order chi connectivity index (χ1) is 13.0. The van der Waals surface area contributed by atoms with Crippen LogP contribution in [0.25, 0.3) is 0 Å². The molecule has 1 saturated heterocycles. The minimum Gasteiger partial charge on any atom is -0.484 e. The maximum Gasteiger partial charge on any atom is 0.260 e. The molecule has 1 aliphatic carbocycles. The number of hydrogen-bond acceptors (Lipinski definition) is 4. The molecule has 6 nitrogen and oxygen atoms in total. The Balaban J connectivity index is 1.37. The molecule has 0 bridgehead atoms. The number of likely N-dealkylation sites (tertiary alicyclic amines) is 1. The predicted octanol–water partition coefficient (Wildman–Crippen LogP) is 1.76. The molecule has 1 N–H and O–H groups in total. The highest BCUT2D eigenvalue weighted by molar-refractivity contribution is 5.80. The zero-order valence-electron chi connectivity index (χ0n) is 16.4. The van der Waals surface area contributed by atoms with Gasteiger partial charge >= 0.3 is 0 Å². The maximum atomic E-state index is 12.5. The second-order valence-corrected chi connectivity index (χ2v) is 7.87. The molecule has 0 spiro atoms. The lowest BCUT2D eigenvalue weighted by Gasteiger charge is -2.32. The third-order valence-electron chi connectivity index (χ3n) is 5.64. The van der Waals surface area contributed by atoms with Crippen LogP contribution in [0.5, 0.6) is 5.75 Å². The monoisotopic (exact) mass is 373 g/mol. The fraction of sp³-hybridized carbons (Fsp3) is 0.619. The molecule has 0 unspecified atom stereocenters. The summed E-state index contributed by atoms with van der Waals surface area (Å²) in [6, 6.07) is 9.79. The number of para-hydroxylation sites is 1. The molecule has 0 aromatic heterocycles. The summed E-state index contributed by atoms with van der Waals surface area (Å²) in [6.07, 6.45) is 3.98. The van der Waals surface area contributed by atoms with Crippen LogP contribution in [0, 0.1) is 11.8 Å². The molecule has 1 saturated carbocycles. The number of nitrogens with one attached hydrogen (secondary N) is 1. The van der Waals surface area contributed by atoms with Gasteiger partial charge in [-0.05, 0) is 57.8 Å². The summed E-state index contributed by atoms with van der Waals surface area (Å²) >= 11 is 0. The maximum absolute atomic E-state index is 12.5. The number of rotatable bonds is 8. The third kappa shape index (κ3) is 5.70. The Hall–Kier alpha value is -2.08. The van der Waals surface area contributed by atoms with Gasteiger partial charge in [-0.3, -0.25) is 9.59 Å². The number of ether oxygens (including phenoxy) is 1. The van der Waals surface area contributed by atoms with Crippen LogP contribution < -0.4 is 10.1 Å². The van der Waals surface area contributed by atoms with Crippen molar-refractivity contribution in [1.29, 1.82) is 0 Å². The second kappa shape index (κ2) is 9.22. The average molecular weight is 373 g/mol. The lowest BCUT2D eigenvalue weighted by atomic mass is 9.95. The van der Waals surface area contributed by atoms with E-state index in [0.29, 0.717) is 24.9 Å². The molecule has 27 heavy (non-hydrogen) atoms. The van der Waals surface area contributed by atoms with Crippen molar-refractivity contribution in [2.24, 2.45) is 11.8 Å². The normalized spacial score (nSPS) is 19.0. The van der Waals surface area contributed by atoms with Gasteiger partial charge in [-0.1, -0.05) is 18.2 Å². The minimum atomic E-state index is -0.0147. The topological polar surface area (TPSA) is 61.9 Å². The van der Waals surface area contributed by atoms with Crippen LogP contribution in [-0.2, 0) is 9.59 Å². The highest BCUT2D eigenvalue weighted by Crippen LogP contribution is 2.34. The van der Waals surface area contributed by atoms with E-state index in [2.05, 4.69) is 24.3 Å². The first kappa shape index (κ1) is 19.7. The van der Waals surface area contributed by atoms with Crippen LogP contribution in [0.4, 0.5) is 0 Å². The summed E-state index contributed by atoms with van der Waals surface area (Å²) in [5, 5.41) is 3.14. The molecule has 1 aliphatic heterocycles. The van der Waals surface area contributed by atoms with Gasteiger partial charge in [0.05, 0.1) is 0 Å². The Morgan fingerprint density at radius 3 is 2.41 bits per heavy atom. The van der Waals surface area contributed by atoms with Gasteiger partial charge in [0, 0.05) is 31.6 Å². The van der Waals surface area contributed by atoms with E-state index >= 15 is 0 Å². The van der Waals surface area contributed by atoms with Crippen molar-refractivity contribution >= 4 is 11.8 Å². The third-order valence-corrected chi connectivity index (χ3v) is 5.64. The summed E-state index contributed by atoms with van der Waals surface area (Å²) in [5.41, 5.74) is 0. The van der Waals surface area contributed by atoms with Crippen molar-refractivity contribution in [1.82, 2.24) is 15.1 Å². The molecule has 1 aromatic rings. The van der Waals surface area contributed by atoms with Crippen molar-refractivity contribution in [2.75, 3.05) is 40.3 Å². The van der Waals surface area contributed by atoms with Crippen LogP contribution in [-0.4, -0.2) is 68.0 Å². The quantitative estimate of drug-likeness (QED) is 0.754. The van der Waals surface area contributed by atoms with Crippen LogP contribution in [0.3, 0.4) is 0 Å². The Bertz CT molecular complexity index is 621. The first-order valence-electron chi connectivity index (χ1n) is 9.94. The highest BCUT2D eigenvalue weighted by Gasteiger charge is 2.33. The minimum absolute atomic E-state index is 0.00565. The Labute approximate surface area is 161 Å². The van der Waals surface area contributed by atoms with Gasteiger partial charge in [0.25, 0.3) is 5.91 Å². The lowest BCUT2D eigenvalue weighted by molar-refractivity contribution is -0.137. The van der Waals surface area contributed by atoms with Crippen molar-refractivity contribution in [3.63, 3.8) is 0 Å². The number of piperidine rings is 1. The zero-order chi connectivity index (χ0) is 19.2. The lowest BCUT2D eigenvalue weighted by Crippen LogP contribution is -2.47. The highest BCUT2D eigenvalue weighted by atomic mass is 16.5. The standard InChI is InChI=1S/C21H31N3O3/c1-23(2)19(16-8-9-16)14-22-21(26)17-10-12-24(13-11-17)20(25)15-27-18-6-4-3-5-7-18/h3-7,16-17,19H,8-15H2,1-2H3,(H,22,26)/t19-/m0/s1. The predicted molar refractivity (Wildman–Crippen MR) is 104 cm³/mol. The summed E-state index contributed by atoms with van der Waals surface area (Å²) in [6.45, 7) is 2.01. The van der Waals surface area contributed by atoms with Crippen LogP contribution in [0.1, 0.15) is 25.7 Å². The molecular formula is C21H31N3O3. The Kier molecular flexibility index (Phi) is 6.72. The van der Waals surface area contributed by atoms with E-state index < -0.39 is 0 Å². The smallest absolute Gasteiger partial charge is 0.260 e. The van der Waals surface area contributed by atoms with Crippen molar-refractivity contribution in [3.8, 4) is 5.75 Å². The number of hydrogen-bond donors (Lipinski definition) is 1. The van der Waals surface area contributed by atoms with Gasteiger partial charge in [-0.15, -0.1) is 0 Å². The van der Waals surface area contributed by atoms with E-state index in [9.17, 15) is 9.59 Å². The summed E-state index contributed by atoms with van der Waals surface area (Å²) in [5.74, 6) is 1.55. The van der Waals surface area contributed by atoms with Crippen LogP contribution >= 0.6 is 0 Å². The number of benzene rings is 1. The number of carbonyl (C=O) groups excluding carboxylic acids is 2. The summed E-state index contributed by atoms with van der Waals surface area (Å²) in [4.78, 5) is 28.8. The molecule has 1 heterocycles. The Morgan fingerprint density at radius 2 is 1.81 bits per heavy atom. The largest absolute Gasteiger partial charge is 0.484 e. The molecule has 2 fully saturated rings. The summed E-state index contributed by atoms with van der Waals surface area (Å²) < 4.78 is 5.54. The van der Waals surface area contributed by atoms with Gasteiger partial charge in [-0.2, -0.15) is 0 Å². The first-order valence-corrected chi connectivity index (χ1v) is 9.94. The number of nitrogens with zero attached hydrogens (tertiary/aromatic N) is 2. The molecule has 148 valence electrons. The van der Waals surface area contributed by atoms with E-state index in [-0.39, 0.29) is 24.3 Å². The fourth-order valence-corrected chi connectivity index (χ4v) is 3.75. The van der Waals surface area contributed by atoms with Crippen molar-refractivity contribution in [2.45, 2.75) is 31.7 Å². The van der Waals surface area contributed by atoms with Gasteiger partial charge in [-0.25, -0.2) is 0 Å². The molecule has 3 rings (SSSR count). The molecule has 2 aliphatic rings. The van der Waals surface area contributed by atoms with E-state index in [4.69, 9.17) is 4.74 Å². The molecule has 2 amide bonds. The zero-order valence-corrected chi connectivity index (χ0v) is 16.4. The summed E-state index contributed by atoms with van der Waals surface area (Å²) in [7, 11) is 4.16. The Morgan fingerprint density at radius 1 is 1.15 bits per heavy atom. The van der Waals surface area contributed by atoms with E-state index in [1.807, 2.05) is 30.3 Å². The molecule has 1 aromatic carbocycles. The van der Waals surface area contributed by atoms with Crippen molar-refractivity contribution < 1.29 is 14.3 Å². The molecule has 0 radical (unpaired) electrons. The average Bonchev–Trinajstić information content (AvgIpc) is 3.52. The number of likely N-dealkylation sites (N-methyl/N-ethyl adjacent to an activating group) is 1. The van der Waals surface area contributed by atoms with E-state index in [1.165, 1.54) is 12.8 Å². The van der Waals surface area contributed by atoms with E-state index in [1.54, 1.807) is 4.90 Å². The molecule has 6 heteroatoms. The fourth-order valence-electron chi connectivity index (χ4n) is 3.75. The van der Waals surface area contributed by atoms with Gasteiger partial charge in [0.1, 0.15) is 5.75 Å². The van der Waals surface area contributed by atoms with Gasteiger partial charge in [0.15, 0.2) is 6.61 Å². The van der Waals surface area contributed by atoms with Crippen LogP contribution in [0.2, 0.25) is 0 Å². The number of amides is 2.